The second kappa shape index (κ2) is 7.97. The summed E-state index contributed by atoms with van der Waals surface area (Å²) < 4.78 is 10.8. The molecule has 6 heteroatoms. The maximum absolute atomic E-state index is 12.5. The second-order valence-corrected chi connectivity index (χ2v) is 5.71. The molecule has 0 saturated heterocycles. The molecule has 0 radical (unpaired) electrons. The number of benzene rings is 1. The van der Waals surface area contributed by atoms with Crippen LogP contribution in [0.5, 0.6) is 5.75 Å². The van der Waals surface area contributed by atoms with Gasteiger partial charge in [-0.3, -0.25) is 0 Å². The van der Waals surface area contributed by atoms with Crippen molar-refractivity contribution in [2.45, 2.75) is 32.7 Å². The minimum Gasteiger partial charge on any atom is -0.496 e. The summed E-state index contributed by atoms with van der Waals surface area (Å²) in [4.78, 5) is 12.5. The number of unbranched alkanes of at least 4 members (excludes halogenated alkanes) is 1. The Morgan fingerprint density at radius 1 is 1.35 bits per heavy atom. The Bertz CT molecular complexity index is 628. The standard InChI is InChI=1S/C17H22N2O3S/c1-4-5-10-22-16(20)14-11(2)18-17(23)19-15(14)12-8-6-7-9-13(12)21-3/h6-9,15H,4-5,10H2,1-3H3,(H2,18,19,23). The van der Waals surface area contributed by atoms with Crippen molar-refractivity contribution >= 4 is 23.3 Å². The third kappa shape index (κ3) is 4.01. The zero-order valence-electron chi connectivity index (χ0n) is 13.6. The van der Waals surface area contributed by atoms with Gasteiger partial charge in [-0.05, 0) is 31.6 Å². The number of carbonyl (C=O) groups excluding carboxylic acids is 1. The maximum atomic E-state index is 12.5. The lowest BCUT2D eigenvalue weighted by molar-refractivity contribution is -0.139. The number of nitrogens with one attached hydrogen (secondary N) is 2. The highest BCUT2D eigenvalue weighted by molar-refractivity contribution is 7.80. The van der Waals surface area contributed by atoms with E-state index in [1.54, 1.807) is 7.11 Å². The van der Waals surface area contributed by atoms with Crippen molar-refractivity contribution in [2.24, 2.45) is 0 Å². The number of esters is 1. The number of ether oxygens (including phenoxy) is 2. The van der Waals surface area contributed by atoms with Crippen LogP contribution in [0, 0.1) is 0 Å². The lowest BCUT2D eigenvalue weighted by Gasteiger charge is -2.30. The Balaban J connectivity index is 2.36. The van der Waals surface area contributed by atoms with Crippen molar-refractivity contribution in [1.29, 1.82) is 0 Å². The molecule has 5 nitrogen and oxygen atoms in total. The number of thiocarbonyl (C=S) groups is 1. The number of hydrogen-bond acceptors (Lipinski definition) is 4. The molecule has 1 unspecified atom stereocenters. The molecular formula is C17H22N2O3S. The van der Waals surface area contributed by atoms with Crippen molar-refractivity contribution in [3.8, 4) is 5.75 Å². The highest BCUT2D eigenvalue weighted by atomic mass is 32.1. The van der Waals surface area contributed by atoms with Gasteiger partial charge in [0.05, 0.1) is 25.3 Å². The van der Waals surface area contributed by atoms with E-state index >= 15 is 0 Å². The summed E-state index contributed by atoms with van der Waals surface area (Å²) in [6.45, 7) is 4.29. The highest BCUT2D eigenvalue weighted by Crippen LogP contribution is 2.33. The molecule has 23 heavy (non-hydrogen) atoms. The number of methoxy groups -OCH3 is 1. The molecule has 0 aliphatic carbocycles. The molecule has 0 bridgehead atoms. The largest absolute Gasteiger partial charge is 0.496 e. The molecule has 1 atom stereocenters. The summed E-state index contributed by atoms with van der Waals surface area (Å²) in [5.41, 5.74) is 2.07. The Kier molecular flexibility index (Phi) is 5.98. The third-order valence-corrected chi connectivity index (χ3v) is 3.89. The van der Waals surface area contributed by atoms with Crippen LogP contribution in [0.3, 0.4) is 0 Å². The zero-order chi connectivity index (χ0) is 16.8. The van der Waals surface area contributed by atoms with E-state index in [-0.39, 0.29) is 5.97 Å². The van der Waals surface area contributed by atoms with Gasteiger partial charge in [-0.15, -0.1) is 0 Å². The molecule has 1 aliphatic heterocycles. The van der Waals surface area contributed by atoms with Gasteiger partial charge in [0.2, 0.25) is 0 Å². The molecule has 0 fully saturated rings. The Labute approximate surface area is 142 Å². The van der Waals surface area contributed by atoms with Gasteiger partial charge in [-0.2, -0.15) is 0 Å². The third-order valence-electron chi connectivity index (χ3n) is 3.67. The van der Waals surface area contributed by atoms with Crippen LogP contribution in [0.2, 0.25) is 0 Å². The van der Waals surface area contributed by atoms with Gasteiger partial charge >= 0.3 is 5.97 Å². The van der Waals surface area contributed by atoms with Gasteiger partial charge in [0, 0.05) is 11.3 Å². The number of rotatable bonds is 6. The van der Waals surface area contributed by atoms with Gasteiger partial charge in [0.25, 0.3) is 0 Å². The van der Waals surface area contributed by atoms with Crippen molar-refractivity contribution in [3.05, 3.63) is 41.1 Å². The normalized spacial score (nSPS) is 17.3. The summed E-state index contributed by atoms with van der Waals surface area (Å²) in [7, 11) is 1.61. The monoisotopic (exact) mass is 334 g/mol. The minimum atomic E-state index is -0.394. The fourth-order valence-corrected chi connectivity index (χ4v) is 2.76. The lowest BCUT2D eigenvalue weighted by Crippen LogP contribution is -2.45. The molecule has 0 amide bonds. The predicted octanol–water partition coefficient (Wildman–Crippen LogP) is 2.83. The van der Waals surface area contributed by atoms with E-state index in [4.69, 9.17) is 21.7 Å². The van der Waals surface area contributed by atoms with E-state index in [1.165, 1.54) is 0 Å². The Morgan fingerprint density at radius 3 is 2.78 bits per heavy atom. The van der Waals surface area contributed by atoms with E-state index < -0.39 is 6.04 Å². The molecule has 0 saturated carbocycles. The molecule has 0 spiro atoms. The zero-order valence-corrected chi connectivity index (χ0v) is 14.5. The minimum absolute atomic E-state index is 0.339. The first-order chi connectivity index (χ1) is 11.1. The first-order valence-corrected chi connectivity index (χ1v) is 8.07. The Morgan fingerprint density at radius 2 is 2.09 bits per heavy atom. The van der Waals surface area contributed by atoms with Crippen LogP contribution in [0.15, 0.2) is 35.5 Å². The first-order valence-electron chi connectivity index (χ1n) is 7.66. The Hall–Kier alpha value is -2.08. The number of hydrogen-bond donors (Lipinski definition) is 2. The summed E-state index contributed by atoms with van der Waals surface area (Å²) in [6, 6.07) is 7.17. The highest BCUT2D eigenvalue weighted by Gasteiger charge is 2.32. The quantitative estimate of drug-likeness (QED) is 0.474. The van der Waals surface area contributed by atoms with Crippen LogP contribution >= 0.6 is 12.2 Å². The van der Waals surface area contributed by atoms with Crippen LogP contribution in [0.1, 0.15) is 38.3 Å². The number of para-hydroxylation sites is 1. The van der Waals surface area contributed by atoms with Crippen molar-refractivity contribution in [1.82, 2.24) is 10.6 Å². The lowest BCUT2D eigenvalue weighted by atomic mass is 9.95. The molecule has 124 valence electrons. The fraction of sp³-hybridized carbons (Fsp3) is 0.412. The van der Waals surface area contributed by atoms with Gasteiger partial charge in [0.15, 0.2) is 5.11 Å². The summed E-state index contributed by atoms with van der Waals surface area (Å²) in [5.74, 6) is 0.357. The molecule has 0 aromatic heterocycles. The molecule has 1 heterocycles. The summed E-state index contributed by atoms with van der Waals surface area (Å²) in [5, 5.41) is 6.61. The van der Waals surface area contributed by atoms with Crippen LogP contribution in [-0.4, -0.2) is 24.8 Å². The number of allylic oxidation sites excluding steroid dienone is 1. The van der Waals surface area contributed by atoms with Crippen LogP contribution in [0.25, 0.3) is 0 Å². The number of carbonyl (C=O) groups is 1. The average molecular weight is 334 g/mol. The maximum Gasteiger partial charge on any atom is 0.338 e. The van der Waals surface area contributed by atoms with Crippen molar-refractivity contribution in [2.75, 3.05) is 13.7 Å². The summed E-state index contributed by atoms with van der Waals surface area (Å²) >= 11 is 5.24. The topological polar surface area (TPSA) is 59.6 Å². The predicted molar refractivity (Wildman–Crippen MR) is 93.2 cm³/mol. The molecule has 1 aromatic rings. The van der Waals surface area contributed by atoms with Gasteiger partial charge < -0.3 is 20.1 Å². The van der Waals surface area contributed by atoms with Gasteiger partial charge in [-0.25, -0.2) is 4.79 Å². The SMILES string of the molecule is CCCCOC(=O)C1=C(C)NC(=S)NC1c1ccccc1OC. The smallest absolute Gasteiger partial charge is 0.338 e. The average Bonchev–Trinajstić information content (AvgIpc) is 2.54. The first kappa shape index (κ1) is 17.3. The van der Waals surface area contributed by atoms with E-state index in [0.29, 0.717) is 28.7 Å². The molecule has 2 N–H and O–H groups in total. The van der Waals surface area contributed by atoms with Crippen LogP contribution < -0.4 is 15.4 Å². The van der Waals surface area contributed by atoms with Crippen LogP contribution in [0.4, 0.5) is 0 Å². The van der Waals surface area contributed by atoms with Crippen LogP contribution in [-0.2, 0) is 9.53 Å². The molecule has 2 rings (SSSR count). The van der Waals surface area contributed by atoms with E-state index in [0.717, 1.165) is 18.4 Å². The molecule has 1 aliphatic rings. The summed E-state index contributed by atoms with van der Waals surface area (Å²) in [6.07, 6.45) is 1.82. The van der Waals surface area contributed by atoms with E-state index in [9.17, 15) is 4.79 Å². The van der Waals surface area contributed by atoms with E-state index in [2.05, 4.69) is 17.6 Å². The van der Waals surface area contributed by atoms with Crippen molar-refractivity contribution in [3.63, 3.8) is 0 Å². The van der Waals surface area contributed by atoms with Gasteiger partial charge in [-0.1, -0.05) is 31.5 Å². The van der Waals surface area contributed by atoms with Gasteiger partial charge in [0.1, 0.15) is 5.75 Å². The second-order valence-electron chi connectivity index (χ2n) is 5.30. The molecule has 1 aromatic carbocycles. The van der Waals surface area contributed by atoms with E-state index in [1.807, 2.05) is 31.2 Å². The molecular weight excluding hydrogens is 312 g/mol. The fourth-order valence-electron chi connectivity index (χ4n) is 2.49. The van der Waals surface area contributed by atoms with Crippen molar-refractivity contribution < 1.29 is 14.3 Å².